The first-order valence-corrected chi connectivity index (χ1v) is 8.82. The second-order valence-corrected chi connectivity index (χ2v) is 6.71. The van der Waals surface area contributed by atoms with Gasteiger partial charge < -0.3 is 15.1 Å². The van der Waals surface area contributed by atoms with Crippen LogP contribution in [0.2, 0.25) is 5.02 Å². The largest absolute Gasteiger partial charge is 0.368 e. The molecule has 2 aromatic rings. The van der Waals surface area contributed by atoms with Gasteiger partial charge in [0.25, 0.3) is 0 Å². The number of carbonyl (C=O) groups is 1. The van der Waals surface area contributed by atoms with Crippen LogP contribution < -0.4 is 10.2 Å². The van der Waals surface area contributed by atoms with Crippen molar-refractivity contribution in [2.24, 2.45) is 0 Å². The van der Waals surface area contributed by atoms with E-state index in [0.717, 1.165) is 47.7 Å². The van der Waals surface area contributed by atoms with Crippen molar-refractivity contribution >= 4 is 39.7 Å². The van der Waals surface area contributed by atoms with Crippen LogP contribution in [0.1, 0.15) is 5.69 Å². The van der Waals surface area contributed by atoms with E-state index >= 15 is 0 Å². The molecule has 0 saturated carbocycles. The van der Waals surface area contributed by atoms with Crippen LogP contribution in [0.5, 0.6) is 0 Å². The van der Waals surface area contributed by atoms with Gasteiger partial charge in [-0.15, -0.1) is 11.3 Å². The highest BCUT2D eigenvalue weighted by atomic mass is 35.5. The molecule has 122 valence electrons. The Morgan fingerprint density at radius 3 is 2.78 bits per heavy atom. The van der Waals surface area contributed by atoms with E-state index in [-0.39, 0.29) is 5.91 Å². The van der Waals surface area contributed by atoms with Crippen LogP contribution in [-0.4, -0.2) is 49.0 Å². The molecular weight excluding hydrogens is 332 g/mol. The molecule has 23 heavy (non-hydrogen) atoms. The normalized spacial score (nSPS) is 14.9. The molecular formula is C16H19ClN4OS. The topological polar surface area (TPSA) is 48.5 Å². The first-order chi connectivity index (χ1) is 11.2. The van der Waals surface area contributed by atoms with Gasteiger partial charge >= 0.3 is 0 Å². The molecule has 0 bridgehead atoms. The standard InChI is InChI=1S/C16H19ClN4OS/c1-18-16-19-13(11-23-16)10-15(22)21-7-5-20(6-8-21)14-4-2-3-12(17)9-14/h2-4,9,11H,5-8,10H2,1H3,(H,18,19). The Hall–Kier alpha value is -1.79. The average molecular weight is 351 g/mol. The van der Waals surface area contributed by atoms with Gasteiger partial charge in [0, 0.05) is 49.3 Å². The summed E-state index contributed by atoms with van der Waals surface area (Å²) in [6.07, 6.45) is 0.370. The maximum absolute atomic E-state index is 12.4. The van der Waals surface area contributed by atoms with Crippen LogP contribution in [0.3, 0.4) is 0 Å². The molecule has 0 atom stereocenters. The molecule has 1 aromatic carbocycles. The first-order valence-electron chi connectivity index (χ1n) is 7.56. The Morgan fingerprint density at radius 2 is 2.13 bits per heavy atom. The van der Waals surface area contributed by atoms with E-state index in [4.69, 9.17) is 11.6 Å². The number of amides is 1. The number of rotatable bonds is 4. The van der Waals surface area contributed by atoms with Gasteiger partial charge in [0.05, 0.1) is 12.1 Å². The number of aromatic nitrogens is 1. The minimum Gasteiger partial charge on any atom is -0.368 e. The third kappa shape index (κ3) is 3.95. The van der Waals surface area contributed by atoms with E-state index in [2.05, 4.69) is 21.3 Å². The van der Waals surface area contributed by atoms with Crippen molar-refractivity contribution in [3.63, 3.8) is 0 Å². The number of hydrogen-bond donors (Lipinski definition) is 1. The Kier molecular flexibility index (Phi) is 5.03. The van der Waals surface area contributed by atoms with Crippen molar-refractivity contribution in [3.8, 4) is 0 Å². The van der Waals surface area contributed by atoms with Crippen molar-refractivity contribution < 1.29 is 4.79 Å². The fourth-order valence-corrected chi connectivity index (χ4v) is 3.51. The predicted molar refractivity (Wildman–Crippen MR) is 95.6 cm³/mol. The lowest BCUT2D eigenvalue weighted by Crippen LogP contribution is -2.49. The molecule has 7 heteroatoms. The number of benzene rings is 1. The quantitative estimate of drug-likeness (QED) is 0.921. The number of thiazole rings is 1. The van der Waals surface area contributed by atoms with Gasteiger partial charge in [0.2, 0.25) is 5.91 Å². The van der Waals surface area contributed by atoms with Crippen molar-refractivity contribution in [3.05, 3.63) is 40.4 Å². The summed E-state index contributed by atoms with van der Waals surface area (Å²) < 4.78 is 0. The van der Waals surface area contributed by atoms with Gasteiger partial charge in [0.1, 0.15) is 0 Å². The summed E-state index contributed by atoms with van der Waals surface area (Å²) in [5.74, 6) is 0.142. The lowest BCUT2D eigenvalue weighted by molar-refractivity contribution is -0.130. The molecule has 1 N–H and O–H groups in total. The Bertz CT molecular complexity index is 682. The van der Waals surface area contributed by atoms with Crippen LogP contribution >= 0.6 is 22.9 Å². The van der Waals surface area contributed by atoms with Crippen LogP contribution in [-0.2, 0) is 11.2 Å². The van der Waals surface area contributed by atoms with Gasteiger partial charge in [-0.25, -0.2) is 4.98 Å². The lowest BCUT2D eigenvalue weighted by atomic mass is 10.2. The summed E-state index contributed by atoms with van der Waals surface area (Å²) in [5.41, 5.74) is 1.95. The molecule has 0 radical (unpaired) electrons. The van der Waals surface area contributed by atoms with Crippen LogP contribution in [0.4, 0.5) is 10.8 Å². The van der Waals surface area contributed by atoms with Crippen LogP contribution in [0.25, 0.3) is 0 Å². The third-order valence-electron chi connectivity index (χ3n) is 3.90. The number of nitrogens with zero attached hydrogens (tertiary/aromatic N) is 3. The molecule has 0 spiro atoms. The zero-order valence-electron chi connectivity index (χ0n) is 13.0. The zero-order valence-corrected chi connectivity index (χ0v) is 14.5. The maximum Gasteiger partial charge on any atom is 0.228 e. The van der Waals surface area contributed by atoms with E-state index in [1.54, 1.807) is 0 Å². The summed E-state index contributed by atoms with van der Waals surface area (Å²) in [6.45, 7) is 3.11. The van der Waals surface area contributed by atoms with E-state index < -0.39 is 0 Å². The van der Waals surface area contributed by atoms with Crippen molar-refractivity contribution in [1.29, 1.82) is 0 Å². The van der Waals surface area contributed by atoms with Gasteiger partial charge in [-0.05, 0) is 18.2 Å². The number of halogens is 1. The molecule has 5 nitrogen and oxygen atoms in total. The number of nitrogens with one attached hydrogen (secondary N) is 1. The highest BCUT2D eigenvalue weighted by Crippen LogP contribution is 2.21. The molecule has 1 fully saturated rings. The molecule has 0 unspecified atom stereocenters. The maximum atomic E-state index is 12.4. The van der Waals surface area contributed by atoms with Gasteiger partial charge in [-0.3, -0.25) is 4.79 Å². The van der Waals surface area contributed by atoms with Gasteiger partial charge in [-0.2, -0.15) is 0 Å². The summed E-state index contributed by atoms with van der Waals surface area (Å²) in [5, 5.41) is 6.52. The predicted octanol–water partition coefficient (Wildman–Crippen LogP) is 2.73. The fourth-order valence-electron chi connectivity index (χ4n) is 2.66. The van der Waals surface area contributed by atoms with Crippen LogP contribution in [0, 0.1) is 0 Å². The molecule has 1 aliphatic heterocycles. The SMILES string of the molecule is CNc1nc(CC(=O)N2CCN(c3cccc(Cl)c3)CC2)cs1. The number of piperazine rings is 1. The minimum absolute atomic E-state index is 0.142. The molecule has 0 aliphatic carbocycles. The number of carbonyl (C=O) groups excluding carboxylic acids is 1. The van der Waals surface area contributed by atoms with Gasteiger partial charge in [-0.1, -0.05) is 17.7 Å². The molecule has 1 amide bonds. The van der Waals surface area contributed by atoms with Crippen molar-refractivity contribution in [2.75, 3.05) is 43.4 Å². The smallest absolute Gasteiger partial charge is 0.228 e. The monoisotopic (exact) mass is 350 g/mol. The second kappa shape index (κ2) is 7.19. The molecule has 2 heterocycles. The number of hydrogen-bond acceptors (Lipinski definition) is 5. The molecule has 1 saturated heterocycles. The lowest BCUT2D eigenvalue weighted by Gasteiger charge is -2.36. The minimum atomic E-state index is 0.142. The van der Waals surface area contributed by atoms with Gasteiger partial charge in [0.15, 0.2) is 5.13 Å². The van der Waals surface area contributed by atoms with E-state index in [1.807, 2.05) is 35.5 Å². The van der Waals surface area contributed by atoms with Crippen LogP contribution in [0.15, 0.2) is 29.6 Å². The highest BCUT2D eigenvalue weighted by Gasteiger charge is 2.22. The Balaban J connectivity index is 1.55. The Labute approximate surface area is 144 Å². The summed E-state index contributed by atoms with van der Waals surface area (Å²) in [6, 6.07) is 7.85. The molecule has 3 rings (SSSR count). The van der Waals surface area contributed by atoms with Crippen molar-refractivity contribution in [2.45, 2.75) is 6.42 Å². The molecule has 1 aromatic heterocycles. The van der Waals surface area contributed by atoms with Crippen molar-refractivity contribution in [1.82, 2.24) is 9.88 Å². The van der Waals surface area contributed by atoms with E-state index in [9.17, 15) is 4.79 Å². The molecule has 1 aliphatic rings. The van der Waals surface area contributed by atoms with E-state index in [1.165, 1.54) is 11.3 Å². The first kappa shape index (κ1) is 16.1. The highest BCUT2D eigenvalue weighted by molar-refractivity contribution is 7.13. The zero-order chi connectivity index (χ0) is 16.2. The summed E-state index contributed by atoms with van der Waals surface area (Å²) in [4.78, 5) is 20.9. The Morgan fingerprint density at radius 1 is 1.35 bits per heavy atom. The average Bonchev–Trinajstić information content (AvgIpc) is 3.02. The fraction of sp³-hybridized carbons (Fsp3) is 0.375. The summed E-state index contributed by atoms with van der Waals surface area (Å²) >= 11 is 7.57. The second-order valence-electron chi connectivity index (χ2n) is 5.42. The summed E-state index contributed by atoms with van der Waals surface area (Å²) in [7, 11) is 1.83. The van der Waals surface area contributed by atoms with E-state index in [0.29, 0.717) is 6.42 Å². The third-order valence-corrected chi connectivity index (χ3v) is 5.05. The number of anilines is 2.